The Hall–Kier alpha value is -2.87. The molecule has 132 valence electrons. The lowest BCUT2D eigenvalue weighted by Crippen LogP contribution is -2.32. The van der Waals surface area contributed by atoms with Crippen LogP contribution in [0, 0.1) is 22.7 Å². The Morgan fingerprint density at radius 3 is 2.73 bits per heavy atom. The van der Waals surface area contributed by atoms with Crippen molar-refractivity contribution in [1.82, 2.24) is 4.57 Å². The van der Waals surface area contributed by atoms with Gasteiger partial charge in [0.2, 0.25) is 0 Å². The van der Waals surface area contributed by atoms with E-state index in [2.05, 4.69) is 4.74 Å². The normalized spacial score (nSPS) is 10.8. The fourth-order valence-corrected chi connectivity index (χ4v) is 3.54. The highest BCUT2D eigenvalue weighted by Crippen LogP contribution is 2.10. The van der Waals surface area contributed by atoms with Gasteiger partial charge in [-0.3, -0.25) is 14.2 Å². The maximum Gasteiger partial charge on any atom is 0.305 e. The van der Waals surface area contributed by atoms with Gasteiger partial charge in [-0.15, -0.1) is 11.3 Å². The lowest BCUT2D eigenvalue weighted by atomic mass is 10.2. The highest BCUT2D eigenvalue weighted by Gasteiger charge is 2.10. The molecule has 0 saturated heterocycles. The Morgan fingerprint density at radius 1 is 1.38 bits per heavy atom. The zero-order valence-corrected chi connectivity index (χ0v) is 15.4. The highest BCUT2D eigenvalue weighted by molar-refractivity contribution is 7.07. The number of benzene rings is 1. The molecule has 0 aliphatic heterocycles. The van der Waals surface area contributed by atoms with E-state index in [1.807, 2.05) is 12.1 Å². The summed E-state index contributed by atoms with van der Waals surface area (Å²) in [5.41, 5.74) is 0.272. The molecule has 0 amide bonds. The van der Waals surface area contributed by atoms with E-state index in [9.17, 15) is 9.59 Å². The van der Waals surface area contributed by atoms with Crippen LogP contribution in [0.1, 0.15) is 18.4 Å². The summed E-state index contributed by atoms with van der Waals surface area (Å²) in [4.78, 5) is 24.0. The minimum absolute atomic E-state index is 0.139. The molecule has 0 unspecified atom stereocenters. The van der Waals surface area contributed by atoms with Gasteiger partial charge in [0.15, 0.2) is 5.57 Å². The summed E-state index contributed by atoms with van der Waals surface area (Å²) in [7, 11) is 1.29. The van der Waals surface area contributed by atoms with Gasteiger partial charge in [-0.25, -0.2) is 0 Å². The van der Waals surface area contributed by atoms with Crippen LogP contribution in [-0.2, 0) is 16.1 Å². The number of aromatic nitrogens is 1. The van der Waals surface area contributed by atoms with Crippen LogP contribution < -0.4 is 14.8 Å². The number of methoxy groups -OCH3 is 1. The van der Waals surface area contributed by atoms with Gasteiger partial charge in [0, 0.05) is 18.0 Å². The summed E-state index contributed by atoms with van der Waals surface area (Å²) >= 11 is 7.02. The molecule has 8 heteroatoms. The summed E-state index contributed by atoms with van der Waals surface area (Å²) < 4.78 is 6.59. The lowest BCUT2D eigenvalue weighted by Gasteiger charge is -2.01. The van der Waals surface area contributed by atoms with Gasteiger partial charge >= 0.3 is 5.97 Å². The molecule has 2 aromatic rings. The quantitative estimate of drug-likeness (QED) is 0.725. The third kappa shape index (κ3) is 4.60. The minimum atomic E-state index is -0.384. The zero-order chi connectivity index (χ0) is 19.1. The Balaban J connectivity index is 2.57. The van der Waals surface area contributed by atoms with Gasteiger partial charge in [0.1, 0.15) is 16.8 Å². The van der Waals surface area contributed by atoms with E-state index in [-0.39, 0.29) is 34.7 Å². The predicted molar refractivity (Wildman–Crippen MR) is 98.7 cm³/mol. The zero-order valence-electron chi connectivity index (χ0n) is 13.9. The van der Waals surface area contributed by atoms with Gasteiger partial charge in [0.25, 0.3) is 5.56 Å². The summed E-state index contributed by atoms with van der Waals surface area (Å²) in [5.74, 6) is -0.384. The van der Waals surface area contributed by atoms with Crippen molar-refractivity contribution in [2.24, 2.45) is 0 Å². The molecule has 0 N–H and O–H groups in total. The van der Waals surface area contributed by atoms with Crippen molar-refractivity contribution in [2.75, 3.05) is 7.11 Å². The van der Waals surface area contributed by atoms with E-state index >= 15 is 0 Å². The van der Waals surface area contributed by atoms with E-state index in [4.69, 9.17) is 22.1 Å². The molecule has 26 heavy (non-hydrogen) atoms. The van der Waals surface area contributed by atoms with Gasteiger partial charge in [-0.2, -0.15) is 10.5 Å². The molecule has 1 aromatic heterocycles. The number of nitriles is 2. The van der Waals surface area contributed by atoms with Crippen LogP contribution in [0.25, 0.3) is 11.6 Å². The largest absolute Gasteiger partial charge is 0.469 e. The van der Waals surface area contributed by atoms with E-state index in [1.54, 1.807) is 30.3 Å². The van der Waals surface area contributed by atoms with Crippen LogP contribution in [0.15, 0.2) is 29.1 Å². The second-order valence-electron chi connectivity index (χ2n) is 5.21. The molecular formula is C18H14ClN3O3S. The average Bonchev–Trinajstić information content (AvgIpc) is 2.92. The van der Waals surface area contributed by atoms with Crippen LogP contribution >= 0.6 is 22.9 Å². The third-order valence-electron chi connectivity index (χ3n) is 3.48. The Morgan fingerprint density at radius 2 is 2.12 bits per heavy atom. The smallest absolute Gasteiger partial charge is 0.305 e. The number of rotatable bonds is 5. The first-order chi connectivity index (χ1) is 12.5. The molecule has 0 aliphatic carbocycles. The molecule has 6 nitrogen and oxygen atoms in total. The number of nitrogens with zero attached hydrogens (tertiary/aromatic N) is 3. The highest BCUT2D eigenvalue weighted by atomic mass is 35.5. The van der Waals surface area contributed by atoms with Crippen molar-refractivity contribution < 1.29 is 9.53 Å². The maximum absolute atomic E-state index is 12.7. The molecule has 0 fully saturated rings. The van der Waals surface area contributed by atoms with Crippen molar-refractivity contribution in [2.45, 2.75) is 19.4 Å². The molecule has 2 rings (SSSR count). The molecule has 0 spiro atoms. The fourth-order valence-electron chi connectivity index (χ4n) is 2.26. The van der Waals surface area contributed by atoms with E-state index < -0.39 is 0 Å². The Labute approximate surface area is 158 Å². The number of thiazole rings is 1. The number of carbonyl (C=O) groups excluding carboxylic acids is 1. The fraction of sp³-hybridized carbons (Fsp3) is 0.222. The molecule has 1 aromatic carbocycles. The number of esters is 1. The van der Waals surface area contributed by atoms with E-state index in [1.165, 1.54) is 11.7 Å². The Kier molecular flexibility index (Phi) is 6.74. The summed E-state index contributed by atoms with van der Waals surface area (Å²) in [6, 6.07) is 10.6. The first-order valence-corrected chi connectivity index (χ1v) is 8.78. The van der Waals surface area contributed by atoms with Crippen LogP contribution in [0.4, 0.5) is 0 Å². The number of hydrogen-bond donors (Lipinski definition) is 0. The third-order valence-corrected chi connectivity index (χ3v) is 4.85. The van der Waals surface area contributed by atoms with Crippen LogP contribution in [0.3, 0.4) is 0 Å². The van der Waals surface area contributed by atoms with Crippen molar-refractivity contribution in [3.63, 3.8) is 0 Å². The standard InChI is InChI=1S/C18H14ClN3O3S/c1-25-16(23)6-3-7-22-17(24)15(26-18(22)13(10-20)11-21)9-12-4-2-5-14(19)8-12/h2,4-5,8-9H,3,6-7H2,1H3/b15-9+. The van der Waals surface area contributed by atoms with E-state index in [0.717, 1.165) is 16.9 Å². The summed E-state index contributed by atoms with van der Waals surface area (Å²) in [6.45, 7) is 0.204. The molecule has 0 saturated carbocycles. The monoisotopic (exact) mass is 387 g/mol. The second-order valence-corrected chi connectivity index (χ2v) is 6.67. The number of hydrogen-bond acceptors (Lipinski definition) is 6. The minimum Gasteiger partial charge on any atom is -0.469 e. The molecular weight excluding hydrogens is 374 g/mol. The molecule has 0 atom stereocenters. The first kappa shape index (κ1) is 19.5. The van der Waals surface area contributed by atoms with Crippen molar-refractivity contribution in [3.8, 4) is 12.1 Å². The first-order valence-electron chi connectivity index (χ1n) is 7.58. The van der Waals surface area contributed by atoms with Crippen LogP contribution in [0.2, 0.25) is 5.02 Å². The number of ether oxygens (including phenoxy) is 1. The Bertz CT molecular complexity index is 1070. The van der Waals surface area contributed by atoms with Crippen molar-refractivity contribution >= 4 is 40.6 Å². The van der Waals surface area contributed by atoms with Gasteiger partial charge < -0.3 is 4.74 Å². The lowest BCUT2D eigenvalue weighted by molar-refractivity contribution is -0.140. The average molecular weight is 388 g/mol. The number of halogens is 1. The van der Waals surface area contributed by atoms with Gasteiger partial charge in [-0.1, -0.05) is 23.7 Å². The summed E-state index contributed by atoms with van der Waals surface area (Å²) in [6.07, 6.45) is 2.16. The topological polar surface area (TPSA) is 95.9 Å². The van der Waals surface area contributed by atoms with Gasteiger partial charge in [-0.05, 0) is 30.2 Å². The molecule has 0 bridgehead atoms. The molecule has 0 aliphatic rings. The SMILES string of the molecule is COC(=O)CCCn1c(=C(C#N)C#N)s/c(=C/c2cccc(Cl)c2)c1=O. The number of carbonyl (C=O) groups is 1. The van der Waals surface area contributed by atoms with Crippen LogP contribution in [-0.4, -0.2) is 17.6 Å². The van der Waals surface area contributed by atoms with E-state index in [0.29, 0.717) is 16.0 Å². The van der Waals surface area contributed by atoms with Crippen molar-refractivity contribution in [3.05, 3.63) is 54.4 Å². The van der Waals surface area contributed by atoms with Gasteiger partial charge in [0.05, 0.1) is 11.6 Å². The summed E-state index contributed by atoms with van der Waals surface area (Å²) in [5, 5.41) is 18.9. The van der Waals surface area contributed by atoms with Crippen molar-refractivity contribution in [1.29, 1.82) is 10.5 Å². The molecule has 1 heterocycles. The molecule has 0 radical (unpaired) electrons. The predicted octanol–water partition coefficient (Wildman–Crippen LogP) is 1.54. The maximum atomic E-state index is 12.7. The van der Waals surface area contributed by atoms with Crippen LogP contribution in [0.5, 0.6) is 0 Å². The second kappa shape index (κ2) is 9.00.